The lowest BCUT2D eigenvalue weighted by atomic mass is 9.99. The third-order valence-electron chi connectivity index (χ3n) is 1.97. The highest BCUT2D eigenvalue weighted by atomic mass is 32.2. The Labute approximate surface area is 127 Å². The molecule has 0 fully saturated rings. The molecular weight excluding hydrogens is 399 g/mol. The van der Waals surface area contributed by atoms with Crippen molar-refractivity contribution in [1.29, 1.82) is 0 Å². The molecule has 0 heterocycles. The fourth-order valence-electron chi connectivity index (χ4n) is 0.925. The first-order valence-electron chi connectivity index (χ1n) is 5.24. The highest BCUT2D eigenvalue weighted by Gasteiger charge is 2.87. The first-order chi connectivity index (χ1) is 10.1. The van der Waals surface area contributed by atoms with Crippen LogP contribution >= 0.6 is 0 Å². The molecule has 0 unspecified atom stereocenters. The van der Waals surface area contributed by atoms with Gasteiger partial charge in [-0.2, -0.15) is 56.7 Å². The second-order valence-corrected chi connectivity index (χ2v) is 5.60. The van der Waals surface area contributed by atoms with E-state index < -0.39 is 45.7 Å². The van der Waals surface area contributed by atoms with E-state index in [9.17, 15) is 56.7 Å². The SMILES string of the molecule is CNC.O=S(=O)(O)CC(F)(F)C(F)(F)C(F)(F)C(F)(F)C(F)(F)F. The molecule has 0 saturated carbocycles. The zero-order valence-corrected chi connectivity index (χ0v) is 12.4. The molecule has 16 heteroatoms. The van der Waals surface area contributed by atoms with Gasteiger partial charge in [-0.15, -0.1) is 0 Å². The fourth-order valence-corrected chi connectivity index (χ4v) is 1.56. The van der Waals surface area contributed by atoms with Gasteiger partial charge in [-0.3, -0.25) is 4.55 Å². The number of nitrogens with one attached hydrogen (secondary N) is 1. The lowest BCUT2D eigenvalue weighted by Gasteiger charge is -2.36. The molecule has 0 aromatic carbocycles. The summed E-state index contributed by atoms with van der Waals surface area (Å²) in [5, 5.41) is 2.75. The Morgan fingerprint density at radius 3 is 1.25 bits per heavy atom. The smallest absolute Gasteiger partial charge is 0.323 e. The number of hydrogen-bond acceptors (Lipinski definition) is 3. The Hall–Kier alpha value is -0.900. The van der Waals surface area contributed by atoms with Crippen molar-refractivity contribution >= 4 is 10.1 Å². The van der Waals surface area contributed by atoms with Crippen LogP contribution in [0, 0.1) is 0 Å². The van der Waals surface area contributed by atoms with E-state index in [1.807, 2.05) is 14.1 Å². The second kappa shape index (κ2) is 7.15. The molecule has 24 heavy (non-hydrogen) atoms. The van der Waals surface area contributed by atoms with E-state index in [0.29, 0.717) is 0 Å². The Morgan fingerprint density at radius 2 is 1.04 bits per heavy atom. The largest absolute Gasteiger partial charge is 0.460 e. The van der Waals surface area contributed by atoms with Crippen LogP contribution in [0.4, 0.5) is 48.3 Å². The number of alkyl halides is 11. The molecule has 0 aromatic rings. The quantitative estimate of drug-likeness (QED) is 0.542. The topological polar surface area (TPSA) is 66.4 Å². The molecule has 0 rings (SSSR count). The third kappa shape index (κ3) is 5.05. The Morgan fingerprint density at radius 1 is 0.750 bits per heavy atom. The maximum absolute atomic E-state index is 12.7. The van der Waals surface area contributed by atoms with Crippen molar-refractivity contribution < 1.29 is 61.3 Å². The average Bonchev–Trinajstić information content (AvgIpc) is 2.24. The zero-order valence-electron chi connectivity index (χ0n) is 11.5. The standard InChI is InChI=1S/C6H3F11O3S.C2H7N/c7-2(8,1-21(18,19)20)3(9,10)4(11,12)5(13,14)6(15,16)17;1-3-2/h1H2,(H,18,19,20);3H,1-2H3. The van der Waals surface area contributed by atoms with E-state index in [-0.39, 0.29) is 0 Å². The molecule has 0 spiro atoms. The molecule has 148 valence electrons. The fraction of sp³-hybridized carbons (Fsp3) is 1.00. The van der Waals surface area contributed by atoms with Crippen molar-refractivity contribution in [2.45, 2.75) is 29.9 Å². The van der Waals surface area contributed by atoms with Gasteiger partial charge in [0.05, 0.1) is 0 Å². The third-order valence-corrected chi connectivity index (χ3v) is 2.70. The number of rotatable bonds is 5. The molecule has 0 aromatic heterocycles. The van der Waals surface area contributed by atoms with Gasteiger partial charge in [0.1, 0.15) is 5.75 Å². The van der Waals surface area contributed by atoms with E-state index in [0.717, 1.165) is 0 Å². The lowest BCUT2D eigenvalue weighted by molar-refractivity contribution is -0.419. The molecule has 0 aliphatic rings. The van der Waals surface area contributed by atoms with Gasteiger partial charge in [0, 0.05) is 0 Å². The van der Waals surface area contributed by atoms with Gasteiger partial charge in [-0.25, -0.2) is 0 Å². The zero-order chi connectivity index (χ0) is 20.4. The van der Waals surface area contributed by atoms with Crippen molar-refractivity contribution in [1.82, 2.24) is 5.32 Å². The van der Waals surface area contributed by atoms with Crippen LogP contribution in [0.2, 0.25) is 0 Å². The number of halogens is 11. The first-order valence-corrected chi connectivity index (χ1v) is 6.85. The van der Waals surface area contributed by atoms with E-state index in [2.05, 4.69) is 5.32 Å². The highest BCUT2D eigenvalue weighted by molar-refractivity contribution is 7.85. The summed E-state index contributed by atoms with van der Waals surface area (Å²) in [6.07, 6.45) is -7.33. The Kier molecular flexibility index (Phi) is 7.55. The van der Waals surface area contributed by atoms with Crippen LogP contribution in [0.3, 0.4) is 0 Å². The van der Waals surface area contributed by atoms with Gasteiger partial charge in [-0.05, 0) is 14.1 Å². The molecule has 0 saturated heterocycles. The Balaban J connectivity index is 0. The van der Waals surface area contributed by atoms with E-state index >= 15 is 0 Å². The average molecular weight is 409 g/mol. The molecule has 0 aliphatic carbocycles. The van der Waals surface area contributed by atoms with Crippen molar-refractivity contribution in [2.24, 2.45) is 0 Å². The van der Waals surface area contributed by atoms with Crippen molar-refractivity contribution in [3.63, 3.8) is 0 Å². The minimum Gasteiger partial charge on any atom is -0.323 e. The molecule has 2 N–H and O–H groups in total. The summed E-state index contributed by atoms with van der Waals surface area (Å²) >= 11 is 0. The first kappa shape index (κ1) is 25.3. The van der Waals surface area contributed by atoms with Crippen LogP contribution in [0.1, 0.15) is 0 Å². The van der Waals surface area contributed by atoms with E-state index in [4.69, 9.17) is 4.55 Å². The minimum atomic E-state index is -7.69. The van der Waals surface area contributed by atoms with E-state index in [1.165, 1.54) is 0 Å². The summed E-state index contributed by atoms with van der Waals surface area (Å²) in [6.45, 7) is 0. The summed E-state index contributed by atoms with van der Waals surface area (Å²) in [7, 11) is -2.35. The van der Waals surface area contributed by atoms with Crippen molar-refractivity contribution in [2.75, 3.05) is 19.8 Å². The van der Waals surface area contributed by atoms with Crippen LogP contribution in [0.25, 0.3) is 0 Å². The maximum Gasteiger partial charge on any atom is 0.460 e. The van der Waals surface area contributed by atoms with Gasteiger partial charge in [0.15, 0.2) is 0 Å². The van der Waals surface area contributed by atoms with Crippen molar-refractivity contribution in [3.8, 4) is 0 Å². The summed E-state index contributed by atoms with van der Waals surface area (Å²) in [6, 6.07) is 0. The molecule has 4 nitrogen and oxygen atoms in total. The van der Waals surface area contributed by atoms with Crippen molar-refractivity contribution in [3.05, 3.63) is 0 Å². The predicted octanol–water partition coefficient (Wildman–Crippen LogP) is 2.81. The predicted molar refractivity (Wildman–Crippen MR) is 57.2 cm³/mol. The molecule has 0 amide bonds. The molecule has 0 atom stereocenters. The van der Waals surface area contributed by atoms with Gasteiger partial charge in [0.2, 0.25) is 0 Å². The van der Waals surface area contributed by atoms with Gasteiger partial charge in [0.25, 0.3) is 10.1 Å². The normalized spacial score (nSPS) is 14.9. The van der Waals surface area contributed by atoms with Crippen LogP contribution in [0.15, 0.2) is 0 Å². The van der Waals surface area contributed by atoms with Gasteiger partial charge < -0.3 is 5.32 Å². The van der Waals surface area contributed by atoms with Crippen LogP contribution in [0.5, 0.6) is 0 Å². The monoisotopic (exact) mass is 409 g/mol. The van der Waals surface area contributed by atoms with Crippen LogP contribution in [-0.2, 0) is 10.1 Å². The van der Waals surface area contributed by atoms with Crippen LogP contribution in [-0.4, -0.2) is 62.7 Å². The molecule has 0 bridgehead atoms. The highest BCUT2D eigenvalue weighted by Crippen LogP contribution is 2.57. The summed E-state index contributed by atoms with van der Waals surface area (Å²) in [5.41, 5.74) is 0. The van der Waals surface area contributed by atoms with Crippen LogP contribution < -0.4 is 5.32 Å². The maximum atomic E-state index is 12.7. The lowest BCUT2D eigenvalue weighted by Crippen LogP contribution is -2.67. The summed E-state index contributed by atoms with van der Waals surface area (Å²) in [4.78, 5) is 0. The summed E-state index contributed by atoms with van der Waals surface area (Å²) < 4.78 is 163. The molecule has 0 aliphatic heterocycles. The molecule has 0 radical (unpaired) electrons. The molecular formula is C8H10F11NO3S. The minimum absolute atomic E-state index is 1.88. The number of hydrogen-bond donors (Lipinski definition) is 2. The summed E-state index contributed by atoms with van der Waals surface area (Å²) in [5.74, 6) is -32.8. The van der Waals surface area contributed by atoms with Gasteiger partial charge >= 0.3 is 29.9 Å². The second-order valence-electron chi connectivity index (χ2n) is 4.15. The van der Waals surface area contributed by atoms with Gasteiger partial charge in [-0.1, -0.05) is 0 Å². The Bertz CT molecular complexity index is 514. The van der Waals surface area contributed by atoms with E-state index in [1.54, 1.807) is 0 Å².